The molecule has 1 aromatic rings. The van der Waals surface area contributed by atoms with Crippen molar-refractivity contribution in [3.05, 3.63) is 29.8 Å². The van der Waals surface area contributed by atoms with E-state index in [1.54, 1.807) is 20.2 Å². The largest absolute Gasteiger partial charge is 0.484 e. The van der Waals surface area contributed by atoms with Crippen molar-refractivity contribution in [2.75, 3.05) is 27.2 Å². The predicted octanol–water partition coefficient (Wildman–Crippen LogP) is 0.912. The van der Waals surface area contributed by atoms with E-state index in [1.807, 2.05) is 18.2 Å². The van der Waals surface area contributed by atoms with Gasteiger partial charge in [0.05, 0.1) is 0 Å². The third kappa shape index (κ3) is 5.90. The van der Waals surface area contributed by atoms with Gasteiger partial charge in [0.25, 0.3) is 5.91 Å². The van der Waals surface area contributed by atoms with Crippen LogP contribution in [0.1, 0.15) is 24.8 Å². The van der Waals surface area contributed by atoms with Crippen molar-refractivity contribution in [1.82, 2.24) is 15.5 Å². The normalized spacial score (nSPS) is 16.9. The number of carbonyl (C=O) groups excluding carboxylic acids is 2. The Kier molecular flexibility index (Phi) is 6.40. The molecule has 2 amide bonds. The number of nitrogens with zero attached hydrogens (tertiary/aromatic N) is 1. The second kappa shape index (κ2) is 8.53. The van der Waals surface area contributed by atoms with Crippen LogP contribution in [-0.4, -0.2) is 50.0 Å². The van der Waals surface area contributed by atoms with Crippen LogP contribution in [0, 0.1) is 0 Å². The molecule has 1 heterocycles. The van der Waals surface area contributed by atoms with Gasteiger partial charge >= 0.3 is 0 Å². The van der Waals surface area contributed by atoms with Crippen molar-refractivity contribution in [3.8, 4) is 5.75 Å². The molecule has 6 nitrogen and oxygen atoms in total. The van der Waals surface area contributed by atoms with Crippen LogP contribution in [0.15, 0.2) is 24.3 Å². The molecule has 0 saturated carbocycles. The summed E-state index contributed by atoms with van der Waals surface area (Å²) in [4.78, 5) is 24.9. The first-order valence-electron chi connectivity index (χ1n) is 7.96. The SMILES string of the molecule is CN(C)C(=O)COc1cccc(CNC(=O)CC2CCCN2)c1. The Hall–Kier alpha value is -2.08. The average Bonchev–Trinajstić information content (AvgIpc) is 3.04. The zero-order chi connectivity index (χ0) is 16.7. The van der Waals surface area contributed by atoms with E-state index in [1.165, 1.54) is 4.90 Å². The minimum atomic E-state index is -0.0900. The first kappa shape index (κ1) is 17.3. The van der Waals surface area contributed by atoms with Crippen molar-refractivity contribution >= 4 is 11.8 Å². The molecule has 0 spiro atoms. The number of likely N-dealkylation sites (N-methyl/N-ethyl adjacent to an activating group) is 1. The van der Waals surface area contributed by atoms with Gasteiger partial charge in [0.2, 0.25) is 5.91 Å². The highest BCUT2D eigenvalue weighted by Gasteiger charge is 2.17. The molecule has 1 fully saturated rings. The summed E-state index contributed by atoms with van der Waals surface area (Å²) >= 11 is 0. The molecular formula is C17H25N3O3. The van der Waals surface area contributed by atoms with Gasteiger partial charge in [-0.3, -0.25) is 9.59 Å². The van der Waals surface area contributed by atoms with Crippen LogP contribution in [0.4, 0.5) is 0 Å². The Labute approximate surface area is 137 Å². The highest BCUT2D eigenvalue weighted by atomic mass is 16.5. The molecular weight excluding hydrogens is 294 g/mol. The molecule has 23 heavy (non-hydrogen) atoms. The Bertz CT molecular complexity index is 540. The van der Waals surface area contributed by atoms with Gasteiger partial charge in [0.1, 0.15) is 5.75 Å². The fraction of sp³-hybridized carbons (Fsp3) is 0.529. The first-order chi connectivity index (χ1) is 11.0. The standard InChI is InChI=1S/C17H25N3O3/c1-20(2)17(22)12-23-15-7-3-5-13(9-15)11-19-16(21)10-14-6-4-8-18-14/h3,5,7,9,14,18H,4,6,8,10-12H2,1-2H3,(H,19,21). The molecule has 1 aromatic carbocycles. The summed E-state index contributed by atoms with van der Waals surface area (Å²) < 4.78 is 5.47. The maximum atomic E-state index is 11.9. The van der Waals surface area contributed by atoms with Crippen molar-refractivity contribution < 1.29 is 14.3 Å². The van der Waals surface area contributed by atoms with E-state index in [4.69, 9.17) is 4.74 Å². The molecule has 126 valence electrons. The smallest absolute Gasteiger partial charge is 0.259 e. The topological polar surface area (TPSA) is 70.7 Å². The fourth-order valence-corrected chi connectivity index (χ4v) is 2.45. The Balaban J connectivity index is 1.77. The molecule has 1 aliphatic heterocycles. The highest BCUT2D eigenvalue weighted by molar-refractivity contribution is 5.77. The number of hydrogen-bond donors (Lipinski definition) is 2. The summed E-state index contributed by atoms with van der Waals surface area (Å²) in [5.41, 5.74) is 0.951. The summed E-state index contributed by atoms with van der Waals surface area (Å²) in [6.45, 7) is 1.48. The molecule has 2 N–H and O–H groups in total. The second-order valence-electron chi connectivity index (χ2n) is 6.00. The summed E-state index contributed by atoms with van der Waals surface area (Å²) in [7, 11) is 3.38. The number of rotatable bonds is 7. The van der Waals surface area contributed by atoms with Gasteiger partial charge in [-0.1, -0.05) is 12.1 Å². The van der Waals surface area contributed by atoms with E-state index in [0.717, 1.165) is 24.9 Å². The van der Waals surface area contributed by atoms with E-state index in [2.05, 4.69) is 10.6 Å². The molecule has 0 radical (unpaired) electrons. The summed E-state index contributed by atoms with van der Waals surface area (Å²) in [5, 5.41) is 6.24. The number of benzene rings is 1. The maximum absolute atomic E-state index is 11.9. The minimum absolute atomic E-state index is 0.0101. The van der Waals surface area contributed by atoms with Gasteiger partial charge in [-0.25, -0.2) is 0 Å². The minimum Gasteiger partial charge on any atom is -0.484 e. The van der Waals surface area contributed by atoms with Crippen LogP contribution >= 0.6 is 0 Å². The van der Waals surface area contributed by atoms with Crippen molar-refractivity contribution in [2.45, 2.75) is 31.8 Å². The van der Waals surface area contributed by atoms with Crippen LogP contribution in [0.25, 0.3) is 0 Å². The third-order valence-electron chi connectivity index (χ3n) is 3.84. The van der Waals surface area contributed by atoms with Crippen LogP contribution in [0.5, 0.6) is 5.75 Å². The zero-order valence-electron chi connectivity index (χ0n) is 13.8. The van der Waals surface area contributed by atoms with Gasteiger partial charge in [-0.05, 0) is 37.1 Å². The summed E-state index contributed by atoms with van der Waals surface area (Å²) in [5.74, 6) is 0.593. The monoisotopic (exact) mass is 319 g/mol. The summed E-state index contributed by atoms with van der Waals surface area (Å²) in [6, 6.07) is 7.74. The fourth-order valence-electron chi connectivity index (χ4n) is 2.45. The number of ether oxygens (including phenoxy) is 1. The quantitative estimate of drug-likeness (QED) is 0.784. The molecule has 1 unspecified atom stereocenters. The van der Waals surface area contributed by atoms with Gasteiger partial charge in [0, 0.05) is 33.1 Å². The maximum Gasteiger partial charge on any atom is 0.259 e. The Morgan fingerprint density at radius 3 is 2.91 bits per heavy atom. The van der Waals surface area contributed by atoms with Crippen LogP contribution in [0.2, 0.25) is 0 Å². The molecule has 0 aromatic heterocycles. The van der Waals surface area contributed by atoms with E-state index >= 15 is 0 Å². The zero-order valence-corrected chi connectivity index (χ0v) is 13.8. The molecule has 2 rings (SSSR count). The van der Waals surface area contributed by atoms with Crippen molar-refractivity contribution in [1.29, 1.82) is 0 Å². The molecule has 1 aliphatic rings. The van der Waals surface area contributed by atoms with E-state index in [0.29, 0.717) is 24.8 Å². The van der Waals surface area contributed by atoms with Crippen molar-refractivity contribution in [3.63, 3.8) is 0 Å². The Morgan fingerprint density at radius 2 is 2.22 bits per heavy atom. The van der Waals surface area contributed by atoms with Crippen LogP contribution in [0.3, 0.4) is 0 Å². The van der Waals surface area contributed by atoms with Gasteiger partial charge in [0.15, 0.2) is 6.61 Å². The predicted molar refractivity (Wildman–Crippen MR) is 88.1 cm³/mol. The third-order valence-corrected chi connectivity index (χ3v) is 3.84. The van der Waals surface area contributed by atoms with Gasteiger partial charge in [-0.15, -0.1) is 0 Å². The van der Waals surface area contributed by atoms with Crippen LogP contribution in [-0.2, 0) is 16.1 Å². The lowest BCUT2D eigenvalue weighted by Crippen LogP contribution is -2.31. The number of amides is 2. The second-order valence-corrected chi connectivity index (χ2v) is 6.00. The van der Waals surface area contributed by atoms with E-state index in [-0.39, 0.29) is 18.4 Å². The lowest BCUT2D eigenvalue weighted by Gasteiger charge is -2.13. The van der Waals surface area contributed by atoms with E-state index in [9.17, 15) is 9.59 Å². The number of carbonyl (C=O) groups is 2. The molecule has 0 aliphatic carbocycles. The number of nitrogens with one attached hydrogen (secondary N) is 2. The highest BCUT2D eigenvalue weighted by Crippen LogP contribution is 2.14. The van der Waals surface area contributed by atoms with Crippen LogP contribution < -0.4 is 15.4 Å². The van der Waals surface area contributed by atoms with Crippen molar-refractivity contribution in [2.24, 2.45) is 0 Å². The lowest BCUT2D eigenvalue weighted by molar-refractivity contribution is -0.130. The molecule has 0 bridgehead atoms. The average molecular weight is 319 g/mol. The first-order valence-corrected chi connectivity index (χ1v) is 7.96. The molecule has 1 atom stereocenters. The van der Waals surface area contributed by atoms with Gasteiger partial charge < -0.3 is 20.3 Å². The van der Waals surface area contributed by atoms with Gasteiger partial charge in [-0.2, -0.15) is 0 Å². The lowest BCUT2D eigenvalue weighted by atomic mass is 10.1. The van der Waals surface area contributed by atoms with E-state index < -0.39 is 0 Å². The summed E-state index contributed by atoms with van der Waals surface area (Å²) in [6.07, 6.45) is 2.73. The Morgan fingerprint density at radius 1 is 1.39 bits per heavy atom. The molecule has 1 saturated heterocycles. The number of hydrogen-bond acceptors (Lipinski definition) is 4. The molecule has 6 heteroatoms.